The molecule has 3 N–H and O–H groups in total. The molecule has 0 radical (unpaired) electrons. The molecule has 1 aromatic rings. The lowest BCUT2D eigenvalue weighted by molar-refractivity contribution is 0.560. The lowest BCUT2D eigenvalue weighted by Gasteiger charge is -2.06. The van der Waals surface area contributed by atoms with Gasteiger partial charge in [0.15, 0.2) is 0 Å². The first-order chi connectivity index (χ1) is 6.95. The third kappa shape index (κ3) is 3.57. The smallest absolute Gasteiger partial charge is 0.241 e. The maximum absolute atomic E-state index is 11.7. The minimum Gasteiger partial charge on any atom is -0.326 e. The van der Waals surface area contributed by atoms with Crippen LogP contribution in [0.4, 0.5) is 0 Å². The Morgan fingerprint density at radius 3 is 2.67 bits per heavy atom. The van der Waals surface area contributed by atoms with Crippen molar-refractivity contribution < 1.29 is 8.42 Å². The van der Waals surface area contributed by atoms with Gasteiger partial charge in [0.05, 0.1) is 4.90 Å². The fourth-order valence-corrected chi connectivity index (χ4v) is 3.34. The van der Waals surface area contributed by atoms with Gasteiger partial charge in [0, 0.05) is 23.3 Å². The summed E-state index contributed by atoms with van der Waals surface area (Å²) in [5.41, 5.74) is 5.42. The van der Waals surface area contributed by atoms with E-state index in [2.05, 4.69) is 4.72 Å². The van der Waals surface area contributed by atoms with Crippen molar-refractivity contribution in [2.24, 2.45) is 11.7 Å². The Balaban J connectivity index is 2.77. The maximum atomic E-state index is 11.7. The molecule has 0 aliphatic carbocycles. The molecule has 1 heterocycles. The molecule has 0 spiro atoms. The number of nitrogens with two attached hydrogens (primary N) is 1. The second-order valence-corrected chi connectivity index (χ2v) is 6.46. The third-order valence-electron chi connectivity index (χ3n) is 1.82. The van der Waals surface area contributed by atoms with Gasteiger partial charge in [-0.2, -0.15) is 0 Å². The monoisotopic (exact) mass is 248 g/mol. The van der Waals surface area contributed by atoms with Gasteiger partial charge < -0.3 is 5.73 Å². The minimum atomic E-state index is -3.34. The van der Waals surface area contributed by atoms with E-state index in [9.17, 15) is 8.42 Å². The van der Waals surface area contributed by atoms with E-state index < -0.39 is 10.0 Å². The van der Waals surface area contributed by atoms with Gasteiger partial charge in [-0.25, -0.2) is 13.1 Å². The Hall–Kier alpha value is -0.430. The molecule has 15 heavy (non-hydrogen) atoms. The molecule has 0 saturated heterocycles. The molecular formula is C9H16N2O2S2. The van der Waals surface area contributed by atoms with Crippen molar-refractivity contribution in [2.75, 3.05) is 6.54 Å². The Labute approximate surface area is 94.5 Å². The van der Waals surface area contributed by atoms with Crippen LogP contribution < -0.4 is 10.5 Å². The number of hydrogen-bond acceptors (Lipinski definition) is 4. The van der Waals surface area contributed by atoms with Crippen molar-refractivity contribution in [3.05, 3.63) is 16.3 Å². The molecule has 0 aliphatic heterocycles. The van der Waals surface area contributed by atoms with Gasteiger partial charge in [0.2, 0.25) is 10.0 Å². The van der Waals surface area contributed by atoms with Crippen molar-refractivity contribution in [1.29, 1.82) is 0 Å². The van der Waals surface area contributed by atoms with E-state index in [4.69, 9.17) is 5.73 Å². The molecular weight excluding hydrogens is 232 g/mol. The van der Waals surface area contributed by atoms with Crippen LogP contribution in [0.5, 0.6) is 0 Å². The molecule has 86 valence electrons. The van der Waals surface area contributed by atoms with E-state index in [0.717, 1.165) is 4.88 Å². The van der Waals surface area contributed by atoms with Gasteiger partial charge in [-0.3, -0.25) is 0 Å². The van der Waals surface area contributed by atoms with Crippen molar-refractivity contribution in [1.82, 2.24) is 4.72 Å². The molecule has 0 bridgehead atoms. The molecule has 0 unspecified atom stereocenters. The number of nitrogens with one attached hydrogen (secondary N) is 1. The SMILES string of the molecule is CC(C)CNS(=O)(=O)c1csc(CN)c1. The predicted molar refractivity (Wildman–Crippen MR) is 62.2 cm³/mol. The number of hydrogen-bond donors (Lipinski definition) is 2. The van der Waals surface area contributed by atoms with Crippen LogP contribution in [-0.2, 0) is 16.6 Å². The second-order valence-electron chi connectivity index (χ2n) is 3.70. The molecule has 1 rings (SSSR count). The zero-order valence-corrected chi connectivity index (χ0v) is 10.5. The van der Waals surface area contributed by atoms with Crippen LogP contribution in [0.2, 0.25) is 0 Å². The zero-order chi connectivity index (χ0) is 11.5. The minimum absolute atomic E-state index is 0.299. The Bertz CT molecular complexity index is 410. The Kier molecular flexibility index (Phi) is 4.27. The van der Waals surface area contributed by atoms with Crippen LogP contribution in [-0.4, -0.2) is 15.0 Å². The average Bonchev–Trinajstić information content (AvgIpc) is 2.63. The summed E-state index contributed by atoms with van der Waals surface area (Å²) in [4.78, 5) is 1.19. The van der Waals surface area contributed by atoms with E-state index in [1.165, 1.54) is 11.3 Å². The molecule has 4 nitrogen and oxygen atoms in total. The highest BCUT2D eigenvalue weighted by Crippen LogP contribution is 2.18. The van der Waals surface area contributed by atoms with Crippen molar-refractivity contribution >= 4 is 21.4 Å². The van der Waals surface area contributed by atoms with Crippen LogP contribution in [0.25, 0.3) is 0 Å². The standard InChI is InChI=1S/C9H16N2O2S2/c1-7(2)5-11-15(12,13)9-3-8(4-10)14-6-9/h3,6-7,11H,4-5,10H2,1-2H3. The number of rotatable bonds is 5. The van der Waals surface area contributed by atoms with Crippen molar-refractivity contribution in [3.63, 3.8) is 0 Å². The molecule has 0 amide bonds. The summed E-state index contributed by atoms with van der Waals surface area (Å²) in [6.07, 6.45) is 0. The zero-order valence-electron chi connectivity index (χ0n) is 8.86. The average molecular weight is 248 g/mol. The quantitative estimate of drug-likeness (QED) is 0.821. The van der Waals surface area contributed by atoms with Crippen LogP contribution >= 0.6 is 11.3 Å². The van der Waals surface area contributed by atoms with Gasteiger partial charge in [-0.05, 0) is 12.0 Å². The van der Waals surface area contributed by atoms with E-state index >= 15 is 0 Å². The highest BCUT2D eigenvalue weighted by atomic mass is 32.2. The van der Waals surface area contributed by atoms with Gasteiger partial charge >= 0.3 is 0 Å². The molecule has 0 aromatic carbocycles. The highest BCUT2D eigenvalue weighted by Gasteiger charge is 2.15. The van der Waals surface area contributed by atoms with Crippen LogP contribution in [0.3, 0.4) is 0 Å². The lowest BCUT2D eigenvalue weighted by atomic mass is 10.2. The van der Waals surface area contributed by atoms with E-state index in [1.807, 2.05) is 13.8 Å². The van der Waals surface area contributed by atoms with E-state index in [1.54, 1.807) is 11.4 Å². The molecule has 0 fully saturated rings. The Morgan fingerprint density at radius 1 is 1.53 bits per heavy atom. The van der Waals surface area contributed by atoms with Crippen LogP contribution in [0, 0.1) is 5.92 Å². The summed E-state index contributed by atoms with van der Waals surface area (Å²) in [5.74, 6) is 0.299. The fraction of sp³-hybridized carbons (Fsp3) is 0.556. The maximum Gasteiger partial charge on any atom is 0.241 e. The van der Waals surface area contributed by atoms with E-state index in [-0.39, 0.29) is 0 Å². The lowest BCUT2D eigenvalue weighted by Crippen LogP contribution is -2.27. The summed E-state index contributed by atoms with van der Waals surface area (Å²) in [5, 5.41) is 1.62. The second kappa shape index (κ2) is 5.07. The largest absolute Gasteiger partial charge is 0.326 e. The number of thiophene rings is 1. The van der Waals surface area contributed by atoms with E-state index in [0.29, 0.717) is 23.9 Å². The summed E-state index contributed by atoms with van der Waals surface area (Å²) in [7, 11) is -3.34. The highest BCUT2D eigenvalue weighted by molar-refractivity contribution is 7.89. The predicted octanol–water partition coefficient (Wildman–Crippen LogP) is 1.14. The van der Waals surface area contributed by atoms with Crippen LogP contribution in [0.15, 0.2) is 16.3 Å². The summed E-state index contributed by atoms with van der Waals surface area (Å²) in [6.45, 7) is 4.75. The number of sulfonamides is 1. The first kappa shape index (κ1) is 12.6. The molecule has 0 aliphatic rings. The van der Waals surface area contributed by atoms with Gasteiger partial charge in [0.1, 0.15) is 0 Å². The summed E-state index contributed by atoms with van der Waals surface area (Å²) >= 11 is 1.37. The first-order valence-electron chi connectivity index (χ1n) is 4.73. The Morgan fingerprint density at radius 2 is 2.20 bits per heavy atom. The fourth-order valence-electron chi connectivity index (χ4n) is 0.968. The normalized spacial score (nSPS) is 12.3. The summed E-state index contributed by atoms with van der Waals surface area (Å²) in [6, 6.07) is 1.62. The van der Waals surface area contributed by atoms with Gasteiger partial charge in [0.25, 0.3) is 0 Å². The molecule has 6 heteroatoms. The molecule has 1 aromatic heterocycles. The topological polar surface area (TPSA) is 72.2 Å². The first-order valence-corrected chi connectivity index (χ1v) is 7.09. The third-order valence-corrected chi connectivity index (χ3v) is 4.33. The van der Waals surface area contributed by atoms with Crippen molar-refractivity contribution in [2.45, 2.75) is 25.3 Å². The molecule has 0 saturated carbocycles. The van der Waals surface area contributed by atoms with Crippen molar-refractivity contribution in [3.8, 4) is 0 Å². The van der Waals surface area contributed by atoms with Crippen LogP contribution in [0.1, 0.15) is 18.7 Å². The molecule has 0 atom stereocenters. The van der Waals surface area contributed by atoms with Gasteiger partial charge in [-0.1, -0.05) is 13.8 Å². The summed E-state index contributed by atoms with van der Waals surface area (Å²) < 4.78 is 26.0. The van der Waals surface area contributed by atoms with Gasteiger partial charge in [-0.15, -0.1) is 11.3 Å².